The van der Waals surface area contributed by atoms with E-state index in [0.717, 1.165) is 24.5 Å². The number of alkyl halides is 3. The number of carbonyl (C=O) groups is 1. The lowest BCUT2D eigenvalue weighted by molar-refractivity contribution is -0.137. The molecule has 0 unspecified atom stereocenters. The molecule has 2 aromatic rings. The van der Waals surface area contributed by atoms with Crippen molar-refractivity contribution >= 4 is 21.4 Å². The summed E-state index contributed by atoms with van der Waals surface area (Å²) in [5.74, 6) is -1.18. The van der Waals surface area contributed by atoms with Gasteiger partial charge in [0, 0.05) is 12.3 Å². The van der Waals surface area contributed by atoms with Crippen LogP contribution >= 0.6 is 0 Å². The minimum absolute atomic E-state index is 0.0964. The summed E-state index contributed by atoms with van der Waals surface area (Å²) in [6.07, 6.45) is 0.161. The van der Waals surface area contributed by atoms with Crippen molar-refractivity contribution in [2.45, 2.75) is 11.1 Å². The molecule has 0 saturated carbocycles. The number of hydrogen-bond donors (Lipinski definition) is 1. The smallest absolute Gasteiger partial charge is 0.416 e. The molecule has 1 N–H and O–H groups in total. The SMILES string of the molecule is CS(=O)(=O)c1ccc(C(=CC=CC(=O)O)c2ccc(C(F)(F)F)cc2)cc1. The Morgan fingerprint density at radius 1 is 0.963 bits per heavy atom. The molecule has 2 rings (SSSR count). The number of halogens is 3. The van der Waals surface area contributed by atoms with Gasteiger partial charge < -0.3 is 5.11 Å². The maximum atomic E-state index is 12.7. The first kappa shape index (κ1) is 20.4. The lowest BCUT2D eigenvalue weighted by atomic mass is 9.96. The number of carboxylic acid groups (broad SMARTS) is 1. The second kappa shape index (κ2) is 7.79. The molecule has 0 bridgehead atoms. The Kier molecular flexibility index (Phi) is 5.90. The summed E-state index contributed by atoms with van der Waals surface area (Å²) in [4.78, 5) is 10.8. The zero-order valence-corrected chi connectivity index (χ0v) is 14.9. The quantitative estimate of drug-likeness (QED) is 0.608. The predicted octanol–water partition coefficient (Wildman–Crippen LogP) is 4.18. The lowest BCUT2D eigenvalue weighted by Gasteiger charge is -2.11. The molecule has 0 aromatic heterocycles. The summed E-state index contributed by atoms with van der Waals surface area (Å²) < 4.78 is 61.4. The Hall–Kier alpha value is -2.87. The minimum Gasteiger partial charge on any atom is -0.478 e. The van der Waals surface area contributed by atoms with E-state index >= 15 is 0 Å². The van der Waals surface area contributed by atoms with E-state index in [0.29, 0.717) is 16.7 Å². The molecule has 142 valence electrons. The van der Waals surface area contributed by atoms with E-state index in [4.69, 9.17) is 5.11 Å². The highest BCUT2D eigenvalue weighted by molar-refractivity contribution is 7.90. The number of benzene rings is 2. The van der Waals surface area contributed by atoms with E-state index in [-0.39, 0.29) is 4.90 Å². The normalized spacial score (nSPS) is 13.1. The Morgan fingerprint density at radius 3 is 1.85 bits per heavy atom. The first-order valence-corrected chi connectivity index (χ1v) is 9.47. The number of hydrogen-bond acceptors (Lipinski definition) is 3. The molecular weight excluding hydrogens is 381 g/mol. The summed E-state index contributed by atoms with van der Waals surface area (Å²) >= 11 is 0. The number of carboxylic acids is 1. The number of aliphatic carboxylic acids is 1. The van der Waals surface area contributed by atoms with Crippen LogP contribution in [0.25, 0.3) is 5.57 Å². The minimum atomic E-state index is -4.47. The van der Waals surface area contributed by atoms with E-state index in [9.17, 15) is 26.4 Å². The third kappa shape index (κ3) is 5.55. The molecule has 0 atom stereocenters. The van der Waals surface area contributed by atoms with Crippen molar-refractivity contribution in [3.05, 3.63) is 83.4 Å². The maximum absolute atomic E-state index is 12.7. The maximum Gasteiger partial charge on any atom is 0.416 e. The third-order valence-electron chi connectivity index (χ3n) is 3.62. The standard InChI is InChI=1S/C19H15F3O4S/c1-27(25,26)16-11-7-14(8-12-16)17(3-2-4-18(23)24)13-5-9-15(10-6-13)19(20,21)22/h2-12H,1H3,(H,23,24). The van der Waals surface area contributed by atoms with Crippen LogP contribution in [-0.4, -0.2) is 25.7 Å². The fraction of sp³-hybridized carbons (Fsp3) is 0.105. The molecule has 0 aliphatic heterocycles. The Morgan fingerprint density at radius 2 is 1.44 bits per heavy atom. The van der Waals surface area contributed by atoms with E-state index in [2.05, 4.69) is 0 Å². The van der Waals surface area contributed by atoms with Crippen LogP contribution in [0.1, 0.15) is 16.7 Å². The van der Waals surface area contributed by atoms with Gasteiger partial charge in [0.05, 0.1) is 10.5 Å². The fourth-order valence-corrected chi connectivity index (χ4v) is 2.94. The fourth-order valence-electron chi connectivity index (χ4n) is 2.31. The number of sulfone groups is 1. The molecule has 0 saturated heterocycles. The molecule has 0 amide bonds. The van der Waals surface area contributed by atoms with Crippen LogP contribution < -0.4 is 0 Å². The molecule has 0 aliphatic rings. The van der Waals surface area contributed by atoms with Crippen LogP contribution in [0.3, 0.4) is 0 Å². The molecule has 4 nitrogen and oxygen atoms in total. The largest absolute Gasteiger partial charge is 0.478 e. The summed E-state index contributed by atoms with van der Waals surface area (Å²) in [6.45, 7) is 0. The van der Waals surface area contributed by atoms with Gasteiger partial charge in [-0.25, -0.2) is 13.2 Å². The Labute approximate surface area is 154 Å². The molecule has 0 radical (unpaired) electrons. The van der Waals surface area contributed by atoms with Crippen molar-refractivity contribution in [3.8, 4) is 0 Å². The zero-order chi connectivity index (χ0) is 20.2. The molecule has 27 heavy (non-hydrogen) atoms. The lowest BCUT2D eigenvalue weighted by Crippen LogP contribution is -2.04. The number of allylic oxidation sites excluding steroid dienone is 2. The van der Waals surface area contributed by atoms with Crippen molar-refractivity contribution < 1.29 is 31.5 Å². The topological polar surface area (TPSA) is 71.4 Å². The van der Waals surface area contributed by atoms with Gasteiger partial charge in [0.1, 0.15) is 0 Å². The first-order valence-electron chi connectivity index (χ1n) is 7.58. The van der Waals surface area contributed by atoms with Crippen molar-refractivity contribution in [1.82, 2.24) is 0 Å². The second-order valence-corrected chi connectivity index (χ2v) is 7.67. The molecule has 2 aromatic carbocycles. The van der Waals surface area contributed by atoms with Crippen molar-refractivity contribution in [1.29, 1.82) is 0 Å². The van der Waals surface area contributed by atoms with Crippen molar-refractivity contribution in [3.63, 3.8) is 0 Å². The van der Waals surface area contributed by atoms with E-state index in [1.165, 1.54) is 48.6 Å². The van der Waals surface area contributed by atoms with E-state index in [1.807, 2.05) is 0 Å². The third-order valence-corrected chi connectivity index (χ3v) is 4.75. The molecule has 0 spiro atoms. The van der Waals surface area contributed by atoms with Crippen molar-refractivity contribution in [2.24, 2.45) is 0 Å². The summed E-state index contributed by atoms with van der Waals surface area (Å²) in [7, 11) is -3.40. The van der Waals surface area contributed by atoms with E-state index in [1.54, 1.807) is 0 Å². The zero-order valence-electron chi connectivity index (χ0n) is 14.1. The highest BCUT2D eigenvalue weighted by Gasteiger charge is 2.30. The highest BCUT2D eigenvalue weighted by atomic mass is 32.2. The van der Waals surface area contributed by atoms with Crippen LogP contribution in [0.15, 0.2) is 71.7 Å². The number of rotatable bonds is 5. The van der Waals surface area contributed by atoms with Gasteiger partial charge >= 0.3 is 12.1 Å². The Balaban J connectivity index is 2.50. The molecule has 0 aliphatic carbocycles. The molecule has 8 heteroatoms. The average Bonchev–Trinajstić information content (AvgIpc) is 2.57. The van der Waals surface area contributed by atoms with Gasteiger partial charge in [0.2, 0.25) is 0 Å². The molecule has 0 fully saturated rings. The highest BCUT2D eigenvalue weighted by Crippen LogP contribution is 2.31. The van der Waals surface area contributed by atoms with Gasteiger partial charge in [-0.3, -0.25) is 0 Å². The van der Waals surface area contributed by atoms with Crippen LogP contribution in [0, 0.1) is 0 Å². The molecule has 0 heterocycles. The molecular formula is C19H15F3O4S. The van der Waals surface area contributed by atoms with Gasteiger partial charge in [0.15, 0.2) is 9.84 Å². The summed E-state index contributed by atoms with van der Waals surface area (Å²) in [5, 5.41) is 8.71. The summed E-state index contributed by atoms with van der Waals surface area (Å²) in [6, 6.07) is 10.2. The van der Waals surface area contributed by atoms with Crippen LogP contribution in [0.5, 0.6) is 0 Å². The first-order chi connectivity index (χ1) is 12.5. The average molecular weight is 396 g/mol. The predicted molar refractivity (Wildman–Crippen MR) is 94.9 cm³/mol. The van der Waals surface area contributed by atoms with Gasteiger partial charge in [-0.1, -0.05) is 36.4 Å². The summed E-state index contributed by atoms with van der Waals surface area (Å²) in [5.41, 5.74) is 0.586. The second-order valence-electron chi connectivity index (χ2n) is 5.65. The van der Waals surface area contributed by atoms with Crippen molar-refractivity contribution in [2.75, 3.05) is 6.26 Å². The van der Waals surface area contributed by atoms with Gasteiger partial charge in [-0.05, 0) is 41.0 Å². The Bertz CT molecular complexity index is 985. The van der Waals surface area contributed by atoms with Crippen LogP contribution in [0.4, 0.5) is 13.2 Å². The van der Waals surface area contributed by atoms with Gasteiger partial charge in [-0.15, -0.1) is 0 Å². The van der Waals surface area contributed by atoms with E-state index < -0.39 is 27.5 Å². The van der Waals surface area contributed by atoms with Crippen LogP contribution in [-0.2, 0) is 20.8 Å². The van der Waals surface area contributed by atoms with Crippen LogP contribution in [0.2, 0.25) is 0 Å². The monoisotopic (exact) mass is 396 g/mol. The van der Waals surface area contributed by atoms with Gasteiger partial charge in [-0.2, -0.15) is 13.2 Å². The van der Waals surface area contributed by atoms with Gasteiger partial charge in [0.25, 0.3) is 0 Å².